The Hall–Kier alpha value is -3.86. The Morgan fingerprint density at radius 3 is 2.61 bits per heavy atom. The Morgan fingerprint density at radius 1 is 1.14 bits per heavy atom. The predicted octanol–water partition coefficient (Wildman–Crippen LogP) is 3.56. The van der Waals surface area contributed by atoms with Crippen LogP contribution in [0.5, 0.6) is 11.5 Å². The molecule has 0 radical (unpaired) electrons. The van der Waals surface area contributed by atoms with Crippen LogP contribution in [0, 0.1) is 0 Å². The molecule has 0 saturated carbocycles. The minimum atomic E-state index is -0.905. The molecule has 2 heterocycles. The van der Waals surface area contributed by atoms with Gasteiger partial charge >= 0.3 is 5.97 Å². The van der Waals surface area contributed by atoms with Crippen LogP contribution in [0.4, 0.5) is 11.5 Å². The molecule has 188 valence electrons. The Kier molecular flexibility index (Phi) is 7.89. The minimum Gasteiger partial charge on any atom is -0.493 e. The highest BCUT2D eigenvalue weighted by Gasteiger charge is 2.34. The SMILES string of the molecule is COc1cc(C(=O)OC2CCCN(c3ccn(C)n3)C2=O)ccc1OCC(=O)Nc1ccc(Br)cc1. The van der Waals surface area contributed by atoms with Crippen molar-refractivity contribution in [1.82, 2.24) is 9.78 Å². The molecule has 1 atom stereocenters. The lowest BCUT2D eigenvalue weighted by Crippen LogP contribution is -2.46. The monoisotopic (exact) mass is 556 g/mol. The minimum absolute atomic E-state index is 0.196. The average molecular weight is 557 g/mol. The zero-order valence-corrected chi connectivity index (χ0v) is 21.4. The first kappa shape index (κ1) is 25.2. The fourth-order valence-corrected chi connectivity index (χ4v) is 3.97. The third-order valence-electron chi connectivity index (χ3n) is 5.50. The van der Waals surface area contributed by atoms with Crippen molar-refractivity contribution in [2.24, 2.45) is 7.05 Å². The van der Waals surface area contributed by atoms with Gasteiger partial charge in [0.2, 0.25) is 0 Å². The topological polar surface area (TPSA) is 112 Å². The standard InChI is InChI=1S/C25H25BrN4O6/c1-29-13-11-22(28-29)30-12-3-4-20(24(30)32)36-25(33)16-5-10-19(21(14-16)34-2)35-15-23(31)27-18-8-6-17(26)7-9-18/h5-11,13-14,20H,3-4,12,15H2,1-2H3,(H,27,31). The highest BCUT2D eigenvalue weighted by Crippen LogP contribution is 2.29. The van der Waals surface area contributed by atoms with E-state index in [9.17, 15) is 14.4 Å². The highest BCUT2D eigenvalue weighted by atomic mass is 79.9. The van der Waals surface area contributed by atoms with Crippen LogP contribution < -0.4 is 19.7 Å². The van der Waals surface area contributed by atoms with Crippen LogP contribution in [0.3, 0.4) is 0 Å². The molecule has 1 saturated heterocycles. The summed E-state index contributed by atoms with van der Waals surface area (Å²) in [4.78, 5) is 39.4. The lowest BCUT2D eigenvalue weighted by molar-refractivity contribution is -0.129. The molecular weight excluding hydrogens is 532 g/mol. The smallest absolute Gasteiger partial charge is 0.339 e. The molecule has 36 heavy (non-hydrogen) atoms. The van der Waals surface area contributed by atoms with Crippen molar-refractivity contribution >= 4 is 45.2 Å². The lowest BCUT2D eigenvalue weighted by Gasteiger charge is -2.30. The van der Waals surface area contributed by atoms with E-state index in [2.05, 4.69) is 26.3 Å². The first-order chi connectivity index (χ1) is 17.3. The lowest BCUT2D eigenvalue weighted by atomic mass is 10.1. The molecule has 3 aromatic rings. The van der Waals surface area contributed by atoms with E-state index < -0.39 is 12.1 Å². The molecule has 0 bridgehead atoms. The summed E-state index contributed by atoms with van der Waals surface area (Å²) >= 11 is 3.34. The van der Waals surface area contributed by atoms with Gasteiger partial charge in [0.25, 0.3) is 11.8 Å². The molecule has 4 rings (SSSR count). The van der Waals surface area contributed by atoms with Gasteiger partial charge in [-0.3, -0.25) is 19.2 Å². The van der Waals surface area contributed by atoms with Gasteiger partial charge < -0.3 is 19.5 Å². The van der Waals surface area contributed by atoms with Crippen LogP contribution in [-0.4, -0.2) is 53.9 Å². The molecule has 2 amide bonds. The van der Waals surface area contributed by atoms with E-state index in [0.717, 1.165) is 4.47 Å². The molecule has 2 aromatic carbocycles. The zero-order valence-electron chi connectivity index (χ0n) is 19.8. The van der Waals surface area contributed by atoms with E-state index >= 15 is 0 Å². The second-order valence-electron chi connectivity index (χ2n) is 8.08. The number of piperidine rings is 1. The van der Waals surface area contributed by atoms with E-state index in [4.69, 9.17) is 14.2 Å². The maximum atomic E-state index is 12.9. The third kappa shape index (κ3) is 6.03. The van der Waals surface area contributed by atoms with E-state index in [1.54, 1.807) is 36.1 Å². The average Bonchev–Trinajstić information content (AvgIpc) is 3.31. The molecule has 10 nitrogen and oxygen atoms in total. The van der Waals surface area contributed by atoms with Gasteiger partial charge in [-0.15, -0.1) is 0 Å². The van der Waals surface area contributed by atoms with Gasteiger partial charge in [0.05, 0.1) is 12.7 Å². The number of nitrogens with zero attached hydrogens (tertiary/aromatic N) is 3. The normalized spacial score (nSPS) is 15.4. The number of hydrogen-bond donors (Lipinski definition) is 1. The number of esters is 1. The van der Waals surface area contributed by atoms with Gasteiger partial charge in [0.15, 0.2) is 30.0 Å². The number of ether oxygens (including phenoxy) is 3. The predicted molar refractivity (Wildman–Crippen MR) is 135 cm³/mol. The second-order valence-corrected chi connectivity index (χ2v) is 9.00. The van der Waals surface area contributed by atoms with Gasteiger partial charge in [-0.25, -0.2) is 4.79 Å². The number of amides is 2. The fourth-order valence-electron chi connectivity index (χ4n) is 3.71. The quantitative estimate of drug-likeness (QED) is 0.422. The van der Waals surface area contributed by atoms with Crippen LogP contribution in [-0.2, 0) is 21.4 Å². The van der Waals surface area contributed by atoms with E-state index in [1.165, 1.54) is 30.2 Å². The number of carbonyl (C=O) groups is 3. The van der Waals surface area contributed by atoms with Crippen molar-refractivity contribution in [2.45, 2.75) is 18.9 Å². The Balaban J connectivity index is 1.36. The first-order valence-corrected chi connectivity index (χ1v) is 12.0. The Labute approximate surface area is 216 Å². The molecule has 0 spiro atoms. The Morgan fingerprint density at radius 2 is 1.92 bits per heavy atom. The number of aromatic nitrogens is 2. The summed E-state index contributed by atoms with van der Waals surface area (Å²) in [5.41, 5.74) is 0.831. The van der Waals surface area contributed by atoms with Crippen molar-refractivity contribution in [3.63, 3.8) is 0 Å². The number of hydrogen-bond acceptors (Lipinski definition) is 7. The molecule has 0 aliphatic carbocycles. The number of rotatable bonds is 8. The molecule has 1 aliphatic heterocycles. The fraction of sp³-hybridized carbons (Fsp3) is 0.280. The number of methoxy groups -OCH3 is 1. The summed E-state index contributed by atoms with van der Waals surface area (Å²) in [7, 11) is 3.19. The van der Waals surface area contributed by atoms with Crippen LogP contribution in [0.1, 0.15) is 23.2 Å². The summed E-state index contributed by atoms with van der Waals surface area (Å²) in [6, 6.07) is 13.4. The number of carbonyl (C=O) groups excluding carboxylic acids is 3. The van der Waals surface area contributed by atoms with Gasteiger partial charge in [-0.2, -0.15) is 5.10 Å². The van der Waals surface area contributed by atoms with Gasteiger partial charge in [0.1, 0.15) is 0 Å². The van der Waals surface area contributed by atoms with Crippen LogP contribution >= 0.6 is 15.9 Å². The van der Waals surface area contributed by atoms with Crippen LogP contribution in [0.15, 0.2) is 59.2 Å². The Bertz CT molecular complexity index is 1260. The third-order valence-corrected chi connectivity index (χ3v) is 6.03. The van der Waals surface area contributed by atoms with Crippen LogP contribution in [0.2, 0.25) is 0 Å². The summed E-state index contributed by atoms with van der Waals surface area (Å²) in [5.74, 6) is -0.251. The van der Waals surface area contributed by atoms with E-state index in [1.807, 2.05) is 12.1 Å². The van der Waals surface area contributed by atoms with Crippen molar-refractivity contribution in [3.8, 4) is 11.5 Å². The zero-order chi connectivity index (χ0) is 25.7. The van der Waals surface area contributed by atoms with Crippen molar-refractivity contribution < 1.29 is 28.6 Å². The number of halogens is 1. The molecule has 1 N–H and O–H groups in total. The number of aryl methyl sites for hydroxylation is 1. The first-order valence-electron chi connectivity index (χ1n) is 11.2. The molecule has 1 aliphatic rings. The van der Waals surface area contributed by atoms with Crippen molar-refractivity contribution in [3.05, 3.63) is 64.8 Å². The molecule has 11 heteroatoms. The molecular formula is C25H25BrN4O6. The summed E-state index contributed by atoms with van der Waals surface area (Å²) < 4.78 is 19.0. The largest absolute Gasteiger partial charge is 0.493 e. The number of nitrogens with one attached hydrogen (secondary N) is 1. The molecule has 1 unspecified atom stereocenters. The van der Waals surface area contributed by atoms with Crippen molar-refractivity contribution in [1.29, 1.82) is 0 Å². The van der Waals surface area contributed by atoms with E-state index in [0.29, 0.717) is 30.9 Å². The number of benzene rings is 2. The second kappa shape index (κ2) is 11.3. The maximum absolute atomic E-state index is 12.9. The summed E-state index contributed by atoms with van der Waals surface area (Å²) in [6.45, 7) is 0.259. The maximum Gasteiger partial charge on any atom is 0.339 e. The molecule has 1 aromatic heterocycles. The van der Waals surface area contributed by atoms with E-state index in [-0.39, 0.29) is 35.5 Å². The van der Waals surface area contributed by atoms with Crippen molar-refractivity contribution in [2.75, 3.05) is 30.5 Å². The van der Waals surface area contributed by atoms with Gasteiger partial charge in [-0.05, 0) is 55.3 Å². The number of anilines is 2. The van der Waals surface area contributed by atoms with Gasteiger partial charge in [-0.1, -0.05) is 15.9 Å². The van der Waals surface area contributed by atoms with Crippen LogP contribution in [0.25, 0.3) is 0 Å². The molecule has 1 fully saturated rings. The summed E-state index contributed by atoms with van der Waals surface area (Å²) in [6.07, 6.45) is 1.95. The van der Waals surface area contributed by atoms with Gasteiger partial charge in [0, 0.05) is 36.0 Å². The summed E-state index contributed by atoms with van der Waals surface area (Å²) in [5, 5.41) is 7.00. The highest BCUT2D eigenvalue weighted by molar-refractivity contribution is 9.10.